The molecule has 2 aliphatic heterocycles. The molecule has 2 unspecified atom stereocenters. The first-order chi connectivity index (χ1) is 15.3. The van der Waals surface area contributed by atoms with E-state index in [9.17, 15) is 5.11 Å². The molecule has 3 aromatic rings. The number of hydrogen-bond donors (Lipinski definition) is 2. The number of nitrogens with one attached hydrogen (secondary N) is 1. The molecule has 3 atom stereocenters. The minimum atomic E-state index is -0.405. The highest BCUT2D eigenvalue weighted by molar-refractivity contribution is 5.73. The number of anilines is 2. The van der Waals surface area contributed by atoms with Crippen molar-refractivity contribution in [3.05, 3.63) is 114 Å². The van der Waals surface area contributed by atoms with E-state index in [-0.39, 0.29) is 18.7 Å². The van der Waals surface area contributed by atoms with E-state index in [1.807, 2.05) is 30.6 Å². The molecule has 1 fully saturated rings. The van der Waals surface area contributed by atoms with Gasteiger partial charge in [-0.3, -0.25) is 9.88 Å². The van der Waals surface area contributed by atoms with Crippen molar-refractivity contribution in [2.24, 2.45) is 0 Å². The van der Waals surface area contributed by atoms with Gasteiger partial charge in [-0.25, -0.2) is 0 Å². The third-order valence-electron chi connectivity index (χ3n) is 6.82. The number of aliphatic hydroxyl groups is 1. The smallest absolute Gasteiger partial charge is 0.115 e. The van der Waals surface area contributed by atoms with Gasteiger partial charge in [0, 0.05) is 35.0 Å². The molecule has 3 heterocycles. The lowest BCUT2D eigenvalue weighted by atomic mass is 9.77. The Labute approximate surface area is 182 Å². The van der Waals surface area contributed by atoms with Crippen molar-refractivity contribution in [1.29, 1.82) is 0 Å². The molecule has 0 radical (unpaired) electrons. The molecule has 1 saturated heterocycles. The number of allylic oxidation sites excluding steroid dienone is 2. The molecule has 2 N–H and O–H groups in total. The molecule has 31 heavy (non-hydrogen) atoms. The number of rotatable bonds is 4. The maximum atomic E-state index is 10.6. The maximum Gasteiger partial charge on any atom is 0.115 e. The molecule has 2 aromatic carbocycles. The second-order valence-corrected chi connectivity index (χ2v) is 8.24. The fourth-order valence-electron chi connectivity index (χ4n) is 5.55. The van der Waals surface area contributed by atoms with E-state index in [0.717, 1.165) is 22.6 Å². The summed E-state index contributed by atoms with van der Waals surface area (Å²) in [6.45, 7) is 0.730. The summed E-state index contributed by atoms with van der Waals surface area (Å²) in [6, 6.07) is 22.9. The van der Waals surface area contributed by atoms with Gasteiger partial charge in [0.05, 0.1) is 25.4 Å². The van der Waals surface area contributed by atoms with Gasteiger partial charge in [-0.2, -0.15) is 0 Å². The van der Waals surface area contributed by atoms with Crippen LogP contribution in [0, 0.1) is 0 Å². The van der Waals surface area contributed by atoms with Crippen LogP contribution in [0.3, 0.4) is 0 Å². The van der Waals surface area contributed by atoms with Crippen LogP contribution in [0.2, 0.25) is 0 Å². The molecular formula is C26H24N4O. The van der Waals surface area contributed by atoms with Crippen LogP contribution in [0.5, 0.6) is 0 Å². The first kappa shape index (κ1) is 18.4. The molecule has 0 bridgehead atoms. The van der Waals surface area contributed by atoms with Crippen molar-refractivity contribution < 1.29 is 5.11 Å². The largest absolute Gasteiger partial charge is 0.394 e. The molecule has 154 valence electrons. The minimum absolute atomic E-state index is 0.0435. The Morgan fingerprint density at radius 2 is 1.81 bits per heavy atom. The van der Waals surface area contributed by atoms with E-state index < -0.39 is 5.54 Å². The predicted octanol–water partition coefficient (Wildman–Crippen LogP) is 4.04. The minimum Gasteiger partial charge on any atom is -0.394 e. The lowest BCUT2D eigenvalue weighted by Crippen LogP contribution is -2.51. The Kier molecular flexibility index (Phi) is 4.19. The van der Waals surface area contributed by atoms with Crippen molar-refractivity contribution in [2.45, 2.75) is 17.6 Å². The van der Waals surface area contributed by atoms with Crippen molar-refractivity contribution in [2.75, 3.05) is 23.5 Å². The fourth-order valence-corrected chi connectivity index (χ4v) is 5.55. The number of aliphatic hydroxyl groups excluding tert-OH is 1. The van der Waals surface area contributed by atoms with Crippen LogP contribution < -0.4 is 10.2 Å². The first-order valence-corrected chi connectivity index (χ1v) is 10.7. The standard InChI is InChI=1S/C26H24N4O/c31-17-23(19-7-2-1-3-8-19)30-18-29(20-13-15-27-16-14-20)25-12-6-11-24-26(25,30)21-9-4-5-10-22(21)28-24/h1-16,23,25,28,31H,17-18H2/t23?,25-,26?/m0/s1. The number of pyridine rings is 1. The first-order valence-electron chi connectivity index (χ1n) is 10.7. The summed E-state index contributed by atoms with van der Waals surface area (Å²) < 4.78 is 0. The van der Waals surface area contributed by atoms with Crippen LogP contribution in [0.25, 0.3) is 0 Å². The lowest BCUT2D eigenvalue weighted by Gasteiger charge is -2.43. The highest BCUT2D eigenvalue weighted by atomic mass is 16.3. The Hall–Kier alpha value is -3.41. The summed E-state index contributed by atoms with van der Waals surface area (Å²) in [4.78, 5) is 9.09. The van der Waals surface area contributed by atoms with Crippen molar-refractivity contribution in [3.63, 3.8) is 0 Å². The topological polar surface area (TPSA) is 51.6 Å². The average molecular weight is 409 g/mol. The van der Waals surface area contributed by atoms with Gasteiger partial charge in [-0.1, -0.05) is 60.7 Å². The van der Waals surface area contributed by atoms with E-state index in [1.165, 1.54) is 5.56 Å². The average Bonchev–Trinajstić information content (AvgIpc) is 3.36. The van der Waals surface area contributed by atoms with E-state index in [4.69, 9.17) is 0 Å². The van der Waals surface area contributed by atoms with Crippen molar-refractivity contribution >= 4 is 11.4 Å². The number of aromatic nitrogens is 1. The van der Waals surface area contributed by atoms with E-state index >= 15 is 0 Å². The highest BCUT2D eigenvalue weighted by Gasteiger charge is 2.61. The fraction of sp³-hybridized carbons (Fsp3) is 0.192. The molecule has 6 rings (SSSR count). The monoisotopic (exact) mass is 408 g/mol. The number of hydrogen-bond acceptors (Lipinski definition) is 5. The van der Waals surface area contributed by atoms with Crippen LogP contribution in [-0.4, -0.2) is 34.3 Å². The number of nitrogens with zero attached hydrogens (tertiary/aromatic N) is 3. The Bertz CT molecular complexity index is 1160. The highest BCUT2D eigenvalue weighted by Crippen LogP contribution is 2.57. The molecule has 1 spiro atoms. The van der Waals surface area contributed by atoms with Gasteiger partial charge in [0.2, 0.25) is 0 Å². The second kappa shape index (κ2) is 7.08. The van der Waals surface area contributed by atoms with E-state index in [0.29, 0.717) is 6.67 Å². The Balaban J connectivity index is 1.58. The normalized spacial score (nSPS) is 24.7. The molecule has 0 amide bonds. The van der Waals surface area contributed by atoms with E-state index in [2.05, 4.69) is 86.9 Å². The van der Waals surface area contributed by atoms with Gasteiger partial charge in [0.1, 0.15) is 5.54 Å². The summed E-state index contributed by atoms with van der Waals surface area (Å²) in [5.74, 6) is 0. The van der Waals surface area contributed by atoms with Gasteiger partial charge >= 0.3 is 0 Å². The molecule has 0 saturated carbocycles. The zero-order chi connectivity index (χ0) is 20.8. The van der Waals surface area contributed by atoms with Gasteiger partial charge < -0.3 is 15.3 Å². The van der Waals surface area contributed by atoms with Gasteiger partial charge in [-0.05, 0) is 29.8 Å². The van der Waals surface area contributed by atoms with Gasteiger partial charge in [0.15, 0.2) is 0 Å². The molecular weight excluding hydrogens is 384 g/mol. The zero-order valence-electron chi connectivity index (χ0n) is 17.1. The number of fused-ring (bicyclic) bond motifs is 1. The quantitative estimate of drug-likeness (QED) is 0.683. The Morgan fingerprint density at radius 1 is 1.03 bits per heavy atom. The number of benzene rings is 2. The van der Waals surface area contributed by atoms with Crippen LogP contribution in [0.15, 0.2) is 103 Å². The van der Waals surface area contributed by atoms with Crippen molar-refractivity contribution in [3.8, 4) is 0 Å². The molecule has 1 aromatic heterocycles. The third-order valence-corrected chi connectivity index (χ3v) is 6.82. The summed E-state index contributed by atoms with van der Waals surface area (Å²) in [5.41, 5.74) is 5.38. The van der Waals surface area contributed by atoms with Crippen molar-refractivity contribution in [1.82, 2.24) is 9.88 Å². The van der Waals surface area contributed by atoms with Crippen LogP contribution in [-0.2, 0) is 5.54 Å². The lowest BCUT2D eigenvalue weighted by molar-refractivity contribution is 0.0697. The van der Waals surface area contributed by atoms with Crippen LogP contribution in [0.1, 0.15) is 17.2 Å². The zero-order valence-corrected chi connectivity index (χ0v) is 17.1. The Morgan fingerprint density at radius 3 is 2.61 bits per heavy atom. The van der Waals surface area contributed by atoms with Crippen LogP contribution in [0.4, 0.5) is 11.4 Å². The second-order valence-electron chi connectivity index (χ2n) is 8.24. The maximum absolute atomic E-state index is 10.6. The third kappa shape index (κ3) is 2.54. The molecule has 1 aliphatic carbocycles. The summed E-state index contributed by atoms with van der Waals surface area (Å²) in [5, 5.41) is 14.3. The van der Waals surface area contributed by atoms with Crippen LogP contribution >= 0.6 is 0 Å². The van der Waals surface area contributed by atoms with Gasteiger partial charge in [-0.15, -0.1) is 0 Å². The summed E-state index contributed by atoms with van der Waals surface area (Å²) >= 11 is 0. The molecule has 5 heteroatoms. The number of para-hydroxylation sites is 1. The predicted molar refractivity (Wildman–Crippen MR) is 122 cm³/mol. The van der Waals surface area contributed by atoms with E-state index in [1.54, 1.807) is 0 Å². The molecule has 5 nitrogen and oxygen atoms in total. The SMILES string of the molecule is OCC(c1ccccc1)N1CN(c2ccncc2)[C@H]2C=CC=C3Nc4ccccc4C321. The summed E-state index contributed by atoms with van der Waals surface area (Å²) in [7, 11) is 0. The molecule has 3 aliphatic rings. The van der Waals surface area contributed by atoms with Gasteiger partial charge in [0.25, 0.3) is 0 Å². The summed E-state index contributed by atoms with van der Waals surface area (Å²) in [6.07, 6.45) is 10.3.